The molecule has 1 heterocycles. The van der Waals surface area contributed by atoms with Crippen molar-refractivity contribution in [2.75, 3.05) is 12.4 Å². The molecule has 3 rings (SSSR count). The Morgan fingerprint density at radius 2 is 2.05 bits per heavy atom. The molecule has 2 N–H and O–H groups in total. The van der Waals surface area contributed by atoms with Crippen LogP contribution in [-0.4, -0.2) is 15.5 Å². The van der Waals surface area contributed by atoms with Gasteiger partial charge < -0.3 is 9.73 Å². The number of benzene rings is 1. The summed E-state index contributed by atoms with van der Waals surface area (Å²) in [6.45, 7) is 0. The third kappa shape index (κ3) is 2.69. The fraction of sp³-hybridized carbons (Fsp3) is 0.333. The summed E-state index contributed by atoms with van der Waals surface area (Å²) in [6, 6.07) is 8.99. The summed E-state index contributed by atoms with van der Waals surface area (Å²) in [4.78, 5) is 0.267. The lowest BCUT2D eigenvalue weighted by atomic mass is 9.93. The largest absolute Gasteiger partial charge is 0.469 e. The van der Waals surface area contributed by atoms with Gasteiger partial charge in [0.25, 0.3) is 0 Å². The first-order valence-electron chi connectivity index (χ1n) is 6.97. The molecule has 5 nitrogen and oxygen atoms in total. The van der Waals surface area contributed by atoms with Crippen molar-refractivity contribution in [1.82, 2.24) is 4.72 Å². The zero-order chi connectivity index (χ0) is 14.9. The number of para-hydroxylation sites is 1. The average Bonchev–Trinajstić information content (AvgIpc) is 2.97. The van der Waals surface area contributed by atoms with Gasteiger partial charge in [0, 0.05) is 12.0 Å². The molecule has 1 aliphatic carbocycles. The molecule has 0 saturated heterocycles. The van der Waals surface area contributed by atoms with Gasteiger partial charge in [0.1, 0.15) is 10.7 Å². The van der Waals surface area contributed by atoms with Gasteiger partial charge in [-0.1, -0.05) is 12.1 Å². The molecule has 1 aromatic carbocycles. The molecular formula is C15H18N2O3S. The Hall–Kier alpha value is -1.79. The SMILES string of the molecule is CNS(=O)(=O)c1ccccc1NC1CCCc2occc21. The normalized spacial score (nSPS) is 18.2. The highest BCUT2D eigenvalue weighted by molar-refractivity contribution is 7.89. The van der Waals surface area contributed by atoms with E-state index in [1.807, 2.05) is 12.1 Å². The molecule has 1 aliphatic rings. The number of nitrogens with one attached hydrogen (secondary N) is 2. The van der Waals surface area contributed by atoms with E-state index in [1.54, 1.807) is 24.5 Å². The third-order valence-electron chi connectivity index (χ3n) is 3.83. The molecule has 0 bridgehead atoms. The molecule has 1 aromatic heterocycles. The molecule has 0 saturated carbocycles. The van der Waals surface area contributed by atoms with Crippen molar-refractivity contribution < 1.29 is 12.8 Å². The molecule has 112 valence electrons. The topological polar surface area (TPSA) is 71.3 Å². The molecular weight excluding hydrogens is 288 g/mol. The predicted molar refractivity (Wildman–Crippen MR) is 80.7 cm³/mol. The first-order valence-corrected chi connectivity index (χ1v) is 8.45. The Kier molecular flexibility index (Phi) is 3.73. The van der Waals surface area contributed by atoms with Crippen molar-refractivity contribution >= 4 is 15.7 Å². The standard InChI is InChI=1S/C15H18N2O3S/c1-16-21(18,19)15-8-3-2-5-13(15)17-12-6-4-7-14-11(12)9-10-20-14/h2-3,5,8-10,12,16-17H,4,6-7H2,1H3. The summed E-state index contributed by atoms with van der Waals surface area (Å²) >= 11 is 0. The van der Waals surface area contributed by atoms with Gasteiger partial charge in [-0.3, -0.25) is 0 Å². The molecule has 1 atom stereocenters. The number of furan rings is 1. The highest BCUT2D eigenvalue weighted by Gasteiger charge is 2.24. The number of aryl methyl sites for hydroxylation is 1. The van der Waals surface area contributed by atoms with Crippen LogP contribution < -0.4 is 10.0 Å². The maximum absolute atomic E-state index is 12.1. The van der Waals surface area contributed by atoms with E-state index in [0.29, 0.717) is 5.69 Å². The second kappa shape index (κ2) is 5.54. The number of hydrogen-bond donors (Lipinski definition) is 2. The summed E-state index contributed by atoms with van der Waals surface area (Å²) in [6.07, 6.45) is 4.62. The molecule has 6 heteroatoms. The summed E-state index contributed by atoms with van der Waals surface area (Å²) in [5.74, 6) is 0.993. The van der Waals surface area contributed by atoms with Crippen LogP contribution in [-0.2, 0) is 16.4 Å². The highest BCUT2D eigenvalue weighted by Crippen LogP contribution is 2.34. The van der Waals surface area contributed by atoms with E-state index in [9.17, 15) is 8.42 Å². The first kappa shape index (κ1) is 14.2. The van der Waals surface area contributed by atoms with Crippen LogP contribution in [0.2, 0.25) is 0 Å². The summed E-state index contributed by atoms with van der Waals surface area (Å²) in [5, 5.41) is 3.35. The van der Waals surface area contributed by atoms with Gasteiger partial charge in [-0.25, -0.2) is 13.1 Å². The van der Waals surface area contributed by atoms with E-state index in [1.165, 1.54) is 7.05 Å². The Balaban J connectivity index is 1.94. The summed E-state index contributed by atoms with van der Waals surface area (Å²) in [5.41, 5.74) is 1.74. The van der Waals surface area contributed by atoms with Crippen LogP contribution in [0.3, 0.4) is 0 Å². The van der Waals surface area contributed by atoms with E-state index < -0.39 is 10.0 Å². The van der Waals surface area contributed by atoms with Crippen LogP contribution in [0.1, 0.15) is 30.2 Å². The van der Waals surface area contributed by atoms with Crippen LogP contribution in [0.25, 0.3) is 0 Å². The van der Waals surface area contributed by atoms with Crippen molar-refractivity contribution in [3.05, 3.63) is 47.9 Å². The minimum Gasteiger partial charge on any atom is -0.469 e. The van der Waals surface area contributed by atoms with E-state index in [2.05, 4.69) is 10.0 Å². The molecule has 0 radical (unpaired) electrons. The molecule has 21 heavy (non-hydrogen) atoms. The van der Waals surface area contributed by atoms with Gasteiger partial charge in [0.15, 0.2) is 0 Å². The molecule has 0 aliphatic heterocycles. The van der Waals surface area contributed by atoms with Crippen molar-refractivity contribution in [3.63, 3.8) is 0 Å². The van der Waals surface area contributed by atoms with E-state index in [4.69, 9.17) is 4.42 Å². The number of sulfonamides is 1. The lowest BCUT2D eigenvalue weighted by molar-refractivity contribution is 0.461. The van der Waals surface area contributed by atoms with Gasteiger partial charge in [-0.15, -0.1) is 0 Å². The van der Waals surface area contributed by atoms with E-state index >= 15 is 0 Å². The van der Waals surface area contributed by atoms with Crippen LogP contribution in [0.5, 0.6) is 0 Å². The average molecular weight is 306 g/mol. The van der Waals surface area contributed by atoms with Crippen molar-refractivity contribution in [1.29, 1.82) is 0 Å². The smallest absolute Gasteiger partial charge is 0.242 e. The fourth-order valence-electron chi connectivity index (χ4n) is 2.75. The Morgan fingerprint density at radius 3 is 2.86 bits per heavy atom. The fourth-order valence-corrected chi connectivity index (χ4v) is 3.65. The van der Waals surface area contributed by atoms with Crippen LogP contribution >= 0.6 is 0 Å². The lowest BCUT2D eigenvalue weighted by Crippen LogP contribution is -2.22. The second-order valence-electron chi connectivity index (χ2n) is 5.09. The molecule has 0 fully saturated rings. The maximum Gasteiger partial charge on any atom is 0.242 e. The number of anilines is 1. The minimum absolute atomic E-state index is 0.0840. The molecule has 0 spiro atoms. The van der Waals surface area contributed by atoms with Crippen molar-refractivity contribution in [2.45, 2.75) is 30.2 Å². The van der Waals surface area contributed by atoms with Gasteiger partial charge in [-0.2, -0.15) is 0 Å². The Morgan fingerprint density at radius 1 is 1.24 bits per heavy atom. The Bertz CT molecular complexity index is 737. The monoisotopic (exact) mass is 306 g/mol. The van der Waals surface area contributed by atoms with Crippen LogP contribution in [0, 0.1) is 0 Å². The zero-order valence-corrected chi connectivity index (χ0v) is 12.6. The Labute approximate surface area is 124 Å². The highest BCUT2D eigenvalue weighted by atomic mass is 32.2. The van der Waals surface area contributed by atoms with Gasteiger partial charge in [0.2, 0.25) is 10.0 Å². The first-order chi connectivity index (χ1) is 10.1. The van der Waals surface area contributed by atoms with E-state index in [-0.39, 0.29) is 10.9 Å². The van der Waals surface area contributed by atoms with Crippen molar-refractivity contribution in [2.24, 2.45) is 0 Å². The molecule has 0 amide bonds. The lowest BCUT2D eigenvalue weighted by Gasteiger charge is -2.24. The van der Waals surface area contributed by atoms with Gasteiger partial charge >= 0.3 is 0 Å². The maximum atomic E-state index is 12.1. The van der Waals surface area contributed by atoms with Crippen molar-refractivity contribution in [3.8, 4) is 0 Å². The molecule has 2 aromatic rings. The van der Waals surface area contributed by atoms with Crippen LogP contribution in [0.15, 0.2) is 45.9 Å². The zero-order valence-electron chi connectivity index (χ0n) is 11.8. The van der Waals surface area contributed by atoms with Gasteiger partial charge in [0.05, 0.1) is 18.0 Å². The number of hydrogen-bond acceptors (Lipinski definition) is 4. The third-order valence-corrected chi connectivity index (χ3v) is 5.30. The molecule has 1 unspecified atom stereocenters. The predicted octanol–water partition coefficient (Wildman–Crippen LogP) is 2.68. The quantitative estimate of drug-likeness (QED) is 0.911. The second-order valence-corrected chi connectivity index (χ2v) is 6.95. The summed E-state index contributed by atoms with van der Waals surface area (Å²) < 4.78 is 32.0. The van der Waals surface area contributed by atoms with E-state index in [0.717, 1.165) is 30.6 Å². The summed E-state index contributed by atoms with van der Waals surface area (Å²) in [7, 11) is -2.06. The number of fused-ring (bicyclic) bond motifs is 1. The van der Waals surface area contributed by atoms with Crippen LogP contribution in [0.4, 0.5) is 5.69 Å². The number of rotatable bonds is 4. The minimum atomic E-state index is -3.48. The van der Waals surface area contributed by atoms with Gasteiger partial charge in [-0.05, 0) is 38.1 Å².